The third-order valence-corrected chi connectivity index (χ3v) is 3.87. The van der Waals surface area contributed by atoms with Crippen molar-refractivity contribution in [1.82, 2.24) is 15.0 Å². The fourth-order valence-corrected chi connectivity index (χ4v) is 2.76. The van der Waals surface area contributed by atoms with Gasteiger partial charge in [-0.1, -0.05) is 42.8 Å². The highest BCUT2D eigenvalue weighted by Crippen LogP contribution is 2.25. The van der Waals surface area contributed by atoms with Gasteiger partial charge in [0.15, 0.2) is 0 Å². The molecular weight excluding hydrogens is 272 g/mol. The fourth-order valence-electron chi connectivity index (χ4n) is 2.55. The van der Waals surface area contributed by atoms with E-state index < -0.39 is 0 Å². The summed E-state index contributed by atoms with van der Waals surface area (Å²) in [6.45, 7) is 5.48. The molecule has 0 aliphatic heterocycles. The molecule has 2 rings (SSSR count). The standard InChI is InChI=1S/C15H21ClN4/c1-3-12(4-2)15-14(9-17)18-19-20(15)10-11-6-5-7-13(16)8-11/h5-8,12H,3-4,9-10,17H2,1-2H3. The van der Waals surface area contributed by atoms with Crippen LogP contribution in [0.5, 0.6) is 0 Å². The number of halogens is 1. The van der Waals surface area contributed by atoms with Gasteiger partial charge in [-0.25, -0.2) is 4.68 Å². The summed E-state index contributed by atoms with van der Waals surface area (Å²) in [4.78, 5) is 0. The van der Waals surface area contributed by atoms with E-state index in [9.17, 15) is 0 Å². The summed E-state index contributed by atoms with van der Waals surface area (Å²) in [5, 5.41) is 9.24. The van der Waals surface area contributed by atoms with E-state index in [4.69, 9.17) is 17.3 Å². The molecule has 108 valence electrons. The Hall–Kier alpha value is -1.39. The summed E-state index contributed by atoms with van der Waals surface area (Å²) in [6, 6.07) is 7.84. The van der Waals surface area contributed by atoms with E-state index in [2.05, 4.69) is 24.2 Å². The van der Waals surface area contributed by atoms with Crippen molar-refractivity contribution in [2.24, 2.45) is 5.73 Å². The molecule has 0 bridgehead atoms. The van der Waals surface area contributed by atoms with Crippen LogP contribution < -0.4 is 5.73 Å². The minimum absolute atomic E-state index is 0.432. The van der Waals surface area contributed by atoms with Gasteiger partial charge in [-0.05, 0) is 30.5 Å². The van der Waals surface area contributed by atoms with E-state index >= 15 is 0 Å². The van der Waals surface area contributed by atoms with E-state index in [1.165, 1.54) is 0 Å². The predicted molar refractivity (Wildman–Crippen MR) is 81.8 cm³/mol. The van der Waals surface area contributed by atoms with Gasteiger partial charge >= 0.3 is 0 Å². The Labute approximate surface area is 124 Å². The third-order valence-electron chi connectivity index (χ3n) is 3.63. The molecule has 0 aliphatic carbocycles. The molecule has 1 heterocycles. The van der Waals surface area contributed by atoms with Crippen LogP contribution in [0.2, 0.25) is 5.02 Å². The van der Waals surface area contributed by atoms with Crippen LogP contribution in [0.3, 0.4) is 0 Å². The van der Waals surface area contributed by atoms with Crippen LogP contribution in [0.1, 0.15) is 49.6 Å². The van der Waals surface area contributed by atoms with E-state index in [-0.39, 0.29) is 0 Å². The number of benzene rings is 1. The van der Waals surface area contributed by atoms with E-state index in [0.29, 0.717) is 19.0 Å². The van der Waals surface area contributed by atoms with Crippen LogP contribution in [0.15, 0.2) is 24.3 Å². The summed E-state index contributed by atoms with van der Waals surface area (Å²) in [5.74, 6) is 0.447. The summed E-state index contributed by atoms with van der Waals surface area (Å²) in [7, 11) is 0. The molecule has 2 aromatic rings. The van der Waals surface area contributed by atoms with Crippen LogP contribution in [-0.4, -0.2) is 15.0 Å². The first-order chi connectivity index (χ1) is 9.69. The lowest BCUT2D eigenvalue weighted by atomic mass is 9.97. The zero-order chi connectivity index (χ0) is 14.5. The molecule has 20 heavy (non-hydrogen) atoms. The maximum Gasteiger partial charge on any atom is 0.0997 e. The first-order valence-corrected chi connectivity index (χ1v) is 7.44. The molecule has 0 aliphatic rings. The number of nitrogens with zero attached hydrogens (tertiary/aromatic N) is 3. The topological polar surface area (TPSA) is 56.7 Å². The Morgan fingerprint density at radius 2 is 2.05 bits per heavy atom. The second kappa shape index (κ2) is 6.86. The molecule has 0 radical (unpaired) electrons. The fraction of sp³-hybridized carbons (Fsp3) is 0.467. The SMILES string of the molecule is CCC(CC)c1c(CN)nnn1Cc1cccc(Cl)c1. The van der Waals surface area contributed by atoms with Crippen molar-refractivity contribution in [2.75, 3.05) is 0 Å². The molecule has 0 saturated heterocycles. The van der Waals surface area contributed by atoms with Gasteiger partial charge < -0.3 is 5.73 Å². The Balaban J connectivity index is 2.34. The Kier molecular flexibility index (Phi) is 5.15. The highest BCUT2D eigenvalue weighted by molar-refractivity contribution is 6.30. The Bertz CT molecular complexity index is 561. The largest absolute Gasteiger partial charge is 0.325 e. The number of hydrogen-bond donors (Lipinski definition) is 1. The molecule has 0 amide bonds. The lowest BCUT2D eigenvalue weighted by Crippen LogP contribution is -2.12. The lowest BCUT2D eigenvalue weighted by molar-refractivity contribution is 0.541. The molecule has 0 spiro atoms. The van der Waals surface area contributed by atoms with Gasteiger partial charge in [0.25, 0.3) is 0 Å². The number of rotatable bonds is 6. The molecule has 0 atom stereocenters. The van der Waals surface area contributed by atoms with Gasteiger partial charge in [0.1, 0.15) is 0 Å². The summed E-state index contributed by atoms with van der Waals surface area (Å²) in [6.07, 6.45) is 2.12. The molecule has 0 unspecified atom stereocenters. The molecule has 1 aromatic carbocycles. The van der Waals surface area contributed by atoms with Gasteiger partial charge in [0.2, 0.25) is 0 Å². The first-order valence-electron chi connectivity index (χ1n) is 7.06. The molecular formula is C15H21ClN4. The van der Waals surface area contributed by atoms with Gasteiger partial charge in [-0.2, -0.15) is 0 Å². The summed E-state index contributed by atoms with van der Waals surface area (Å²) in [5.41, 5.74) is 8.98. The molecule has 1 aromatic heterocycles. The Morgan fingerprint density at radius 1 is 1.30 bits per heavy atom. The van der Waals surface area contributed by atoms with Crippen LogP contribution in [0.25, 0.3) is 0 Å². The van der Waals surface area contributed by atoms with E-state index in [0.717, 1.165) is 34.8 Å². The molecule has 2 N–H and O–H groups in total. The predicted octanol–water partition coefficient (Wildman–Crippen LogP) is 3.34. The van der Waals surface area contributed by atoms with Crippen molar-refractivity contribution in [3.05, 3.63) is 46.2 Å². The van der Waals surface area contributed by atoms with Gasteiger partial charge in [-0.3, -0.25) is 0 Å². The number of nitrogens with two attached hydrogens (primary N) is 1. The highest BCUT2D eigenvalue weighted by Gasteiger charge is 2.19. The average Bonchev–Trinajstić information content (AvgIpc) is 2.83. The highest BCUT2D eigenvalue weighted by atomic mass is 35.5. The molecule has 0 saturated carbocycles. The van der Waals surface area contributed by atoms with Crippen molar-refractivity contribution in [2.45, 2.75) is 45.7 Å². The zero-order valence-corrected chi connectivity index (χ0v) is 12.8. The normalized spacial score (nSPS) is 11.2. The van der Waals surface area contributed by atoms with Crippen molar-refractivity contribution in [3.8, 4) is 0 Å². The van der Waals surface area contributed by atoms with Crippen LogP contribution >= 0.6 is 11.6 Å². The quantitative estimate of drug-likeness (QED) is 0.888. The second-order valence-electron chi connectivity index (χ2n) is 4.93. The van der Waals surface area contributed by atoms with Crippen LogP contribution in [-0.2, 0) is 13.1 Å². The maximum atomic E-state index is 6.04. The monoisotopic (exact) mass is 292 g/mol. The molecule has 5 heteroatoms. The number of aromatic nitrogens is 3. The minimum atomic E-state index is 0.432. The molecule has 0 fully saturated rings. The third kappa shape index (κ3) is 3.19. The van der Waals surface area contributed by atoms with Crippen LogP contribution in [0, 0.1) is 0 Å². The van der Waals surface area contributed by atoms with Crippen molar-refractivity contribution < 1.29 is 0 Å². The van der Waals surface area contributed by atoms with Crippen molar-refractivity contribution in [1.29, 1.82) is 0 Å². The lowest BCUT2D eigenvalue weighted by Gasteiger charge is -2.16. The van der Waals surface area contributed by atoms with Gasteiger partial charge in [0.05, 0.1) is 17.9 Å². The summed E-state index contributed by atoms with van der Waals surface area (Å²) < 4.78 is 1.96. The van der Waals surface area contributed by atoms with Gasteiger partial charge in [0, 0.05) is 17.5 Å². The maximum absolute atomic E-state index is 6.04. The smallest absolute Gasteiger partial charge is 0.0997 e. The Morgan fingerprint density at radius 3 is 2.65 bits per heavy atom. The van der Waals surface area contributed by atoms with E-state index in [1.807, 2.05) is 28.9 Å². The average molecular weight is 293 g/mol. The molecule has 4 nitrogen and oxygen atoms in total. The minimum Gasteiger partial charge on any atom is -0.325 e. The van der Waals surface area contributed by atoms with E-state index in [1.54, 1.807) is 0 Å². The van der Waals surface area contributed by atoms with Crippen molar-refractivity contribution >= 4 is 11.6 Å². The second-order valence-corrected chi connectivity index (χ2v) is 5.36. The zero-order valence-electron chi connectivity index (χ0n) is 12.0. The van der Waals surface area contributed by atoms with Gasteiger partial charge in [-0.15, -0.1) is 5.10 Å². The number of hydrogen-bond acceptors (Lipinski definition) is 3. The first kappa shape index (κ1) is 15.0. The van der Waals surface area contributed by atoms with Crippen molar-refractivity contribution in [3.63, 3.8) is 0 Å². The summed E-state index contributed by atoms with van der Waals surface area (Å²) >= 11 is 6.04. The van der Waals surface area contributed by atoms with Crippen LogP contribution in [0.4, 0.5) is 0 Å².